The molecule has 0 aromatic heterocycles. The van der Waals surface area contributed by atoms with Crippen LogP contribution in [0.4, 0.5) is 193 Å². The number of benzene rings is 3. The minimum absolute atomic E-state index is 0.0357. The molecule has 0 spiro atoms. The van der Waals surface area contributed by atoms with Gasteiger partial charge in [-0.15, -0.1) is 23.6 Å². The lowest BCUT2D eigenvalue weighted by Crippen LogP contribution is -2.63. The molecule has 2 atom stereocenters. The van der Waals surface area contributed by atoms with Crippen molar-refractivity contribution >= 4 is 138 Å². The number of halogens is 45. The highest BCUT2D eigenvalue weighted by atomic mass is 127. The maximum atomic E-state index is 13.2. The maximum absolute atomic E-state index is 13.2. The molecule has 3 aromatic carbocycles. The van der Waals surface area contributed by atoms with Crippen LogP contribution >= 0.6 is 109 Å². The number of Topliss-reactive ketones (excluding diaryl/α,β-unsaturated/α-hetero) is 1. The van der Waals surface area contributed by atoms with Gasteiger partial charge < -0.3 is 9.47 Å². The van der Waals surface area contributed by atoms with Gasteiger partial charge in [-0.05, 0) is 113 Å². The zero-order chi connectivity index (χ0) is 78.9. The molecule has 3 aromatic rings. The molecule has 0 aliphatic carbocycles. The van der Waals surface area contributed by atoms with Gasteiger partial charge in [0.15, 0.2) is 5.78 Å². The molecule has 570 valence electrons. The molecule has 0 radical (unpaired) electrons. The number of carbonyl (C=O) groups excluding carboxylic acids is 3. The van der Waals surface area contributed by atoms with E-state index in [9.17, 15) is 186 Å². The van der Waals surface area contributed by atoms with Gasteiger partial charge in [-0.1, -0.05) is 63.7 Å². The molecule has 0 aliphatic heterocycles. The molecule has 2 amide bonds. The van der Waals surface area contributed by atoms with Crippen LogP contribution in [-0.2, 0) is 33.8 Å². The summed E-state index contributed by atoms with van der Waals surface area (Å²) in [4.78, 5) is 36.7. The quantitative estimate of drug-likeness (QED) is 0.0383. The van der Waals surface area contributed by atoms with Gasteiger partial charge in [-0.2, -0.15) is 149 Å². The van der Waals surface area contributed by atoms with Crippen LogP contribution in [0.5, 0.6) is 0 Å². The Morgan fingerprint density at radius 3 is 0.980 bits per heavy atom. The average Bonchev–Trinajstić information content (AvgIpc) is 0.750. The van der Waals surface area contributed by atoms with Gasteiger partial charge in [-0.3, -0.25) is 24.5 Å². The van der Waals surface area contributed by atoms with E-state index in [0.717, 1.165) is 21.0 Å². The summed E-state index contributed by atoms with van der Waals surface area (Å²) >= 11 is 16.8. The predicted molar refractivity (Wildman–Crippen MR) is 273 cm³/mol. The first-order chi connectivity index (χ1) is 43.1. The number of carbonyl (C=O) groups is 3. The fourth-order valence-electron chi connectivity index (χ4n) is 4.49. The van der Waals surface area contributed by atoms with E-state index in [1.165, 1.54) is 29.1 Å². The summed E-state index contributed by atoms with van der Waals surface area (Å²) in [5.41, 5.74) is 1.01. The smallest absolute Gasteiger partial charge is 0.306 e. The summed E-state index contributed by atoms with van der Waals surface area (Å²) in [7, 11) is 1.41. The summed E-state index contributed by atoms with van der Waals surface area (Å²) in [5, 5.41) is 2.02. The van der Waals surface area contributed by atoms with Gasteiger partial charge in [0.05, 0.1) is 0 Å². The molecule has 0 heterocycles. The SMILES string of the molecule is CN(C(=O)F)c1cc(I)cc(I)c1.FOC(F)(F)C(F)(F)OC(F)(C(F)(F)F)C(F)(F)OCC(F)(F)F.FOC(F)(F)C(F)(F)OC(F)(C(F)(F)F)C(F)(F)OCC(F)(F)F.FOC(F)(F)CC(F)(F)F.O=C(CC(F)(F)F)c1cc(Br)cc(Br)c1.O=C(F)Nc1cc(Br)cc(Br)c1. The van der Waals surface area contributed by atoms with Crippen LogP contribution in [0.1, 0.15) is 23.2 Å². The number of hydrogen-bond acceptors (Lipinski definition) is 10. The Morgan fingerprint density at radius 1 is 0.429 bits per heavy atom. The number of ether oxygens (including phenoxy) is 4. The van der Waals surface area contributed by atoms with Crippen LogP contribution in [0, 0.1) is 7.14 Å². The second-order valence-electron chi connectivity index (χ2n) is 16.3. The number of amides is 2. The molecule has 0 aliphatic rings. The minimum Gasteiger partial charge on any atom is -0.306 e. The van der Waals surface area contributed by atoms with Crippen molar-refractivity contribution in [3.05, 3.63) is 85.2 Å². The summed E-state index contributed by atoms with van der Waals surface area (Å²) in [5.74, 6) is -15.4. The number of rotatable bonds is 20. The van der Waals surface area contributed by atoms with E-state index in [2.05, 4.69) is 118 Å². The first kappa shape index (κ1) is 98.8. The van der Waals surface area contributed by atoms with Crippen molar-refractivity contribution in [2.75, 3.05) is 30.5 Å². The van der Waals surface area contributed by atoms with Crippen LogP contribution in [0.2, 0.25) is 0 Å². The van der Waals surface area contributed by atoms with Gasteiger partial charge in [0, 0.05) is 49.0 Å². The normalized spacial score (nSPS) is 14.3. The third kappa shape index (κ3) is 35.2. The Morgan fingerprint density at radius 2 is 0.745 bits per heavy atom. The largest absolute Gasteiger partial charge is 0.478 e. The van der Waals surface area contributed by atoms with Crippen molar-refractivity contribution in [3.8, 4) is 0 Å². The molecule has 1 N–H and O–H groups in total. The average molecular weight is 2020 g/mol. The van der Waals surface area contributed by atoms with Crippen molar-refractivity contribution < 1.29 is 220 Å². The van der Waals surface area contributed by atoms with Crippen LogP contribution in [0.15, 0.2) is 72.5 Å². The second kappa shape index (κ2) is 37.4. The van der Waals surface area contributed by atoms with E-state index < -0.39 is 136 Å². The topological polar surface area (TPSA) is 131 Å². The molecule has 0 fully saturated rings. The lowest BCUT2D eigenvalue weighted by Gasteiger charge is -2.36. The Labute approximate surface area is 575 Å². The molecule has 3 rings (SSSR count). The van der Waals surface area contributed by atoms with Gasteiger partial charge in [-0.25, -0.2) is 9.59 Å². The number of nitrogens with one attached hydrogen (secondary N) is 1. The number of ketones is 1. The number of anilines is 2. The van der Waals surface area contributed by atoms with Gasteiger partial charge in [0.1, 0.15) is 26.1 Å². The standard InChI is InChI=1S/C9H5Br2F3O.C8H6FI2NO.C7H4Br2FNO.2C7H2F14O3.C3H2F6O/c10-6-1-5(2-7(11)3-6)8(15)4-9(12,13)14;1-12(8(9)13)7-3-5(10)2-6(11)4-7;8-4-1-5(9)3-6(2-4)11-7(10)12;2*8-2(9,10)1-22-5(15,16)3(11,4(12,13)14)23-6(17,18)7(19,20)24-21;4-2(5,6)1-3(7,8)10-9/h1-3H,4H2;2-4H,1H3;1-3H,(H,11,12);2*1H2;1H2. The Bertz CT molecular complexity index is 2890. The van der Waals surface area contributed by atoms with Gasteiger partial charge in [0.25, 0.3) is 0 Å². The molecule has 2 unspecified atom stereocenters. The zero-order valence-electron chi connectivity index (χ0n) is 44.6. The Hall–Kier alpha value is -3.36. The molecule has 0 bridgehead atoms. The molecule has 57 heteroatoms. The Kier molecular flexibility index (Phi) is 37.7. The van der Waals surface area contributed by atoms with Crippen molar-refractivity contribution in [2.24, 2.45) is 0 Å². The molecule has 98 heavy (non-hydrogen) atoms. The van der Waals surface area contributed by atoms with E-state index in [1.54, 1.807) is 50.8 Å². The van der Waals surface area contributed by atoms with E-state index in [0.29, 0.717) is 20.3 Å². The van der Waals surface area contributed by atoms with Crippen LogP contribution in [0.25, 0.3) is 0 Å². The van der Waals surface area contributed by atoms with Crippen molar-refractivity contribution in [1.82, 2.24) is 0 Å². The number of hydrogen-bond donors (Lipinski definition) is 1. The monoisotopic (exact) mass is 2010 g/mol. The molecule has 0 saturated carbocycles. The first-order valence-corrected chi connectivity index (χ1v) is 27.2. The zero-order valence-corrected chi connectivity index (χ0v) is 55.2. The van der Waals surface area contributed by atoms with Crippen molar-refractivity contribution in [1.29, 1.82) is 0 Å². The van der Waals surface area contributed by atoms with Crippen molar-refractivity contribution in [2.45, 2.75) is 104 Å². The van der Waals surface area contributed by atoms with Crippen LogP contribution in [0.3, 0.4) is 0 Å². The highest BCUT2D eigenvalue weighted by molar-refractivity contribution is 14.1. The Balaban J connectivity index is -0.00000114. The number of nitrogens with zero attached hydrogens (tertiary/aromatic N) is 1. The van der Waals surface area contributed by atoms with Crippen LogP contribution in [-0.4, -0.2) is 130 Å². The minimum atomic E-state index is -7.34. The first-order valence-electron chi connectivity index (χ1n) is 21.9. The summed E-state index contributed by atoms with van der Waals surface area (Å²) < 4.78 is 480. The molecular weight excluding hydrogens is 1990 g/mol. The van der Waals surface area contributed by atoms with Gasteiger partial charge in [0.2, 0.25) is 0 Å². The predicted octanol–water partition coefficient (Wildman–Crippen LogP) is 22.9. The number of alkyl halides is 34. The third-order valence-corrected chi connectivity index (χ3v) is 11.5. The highest BCUT2D eigenvalue weighted by Gasteiger charge is 2.82. The second-order valence-corrected chi connectivity index (χ2v) is 22.5. The van der Waals surface area contributed by atoms with Gasteiger partial charge >= 0.3 is 104 Å². The maximum Gasteiger partial charge on any atom is 0.478 e. The highest BCUT2D eigenvalue weighted by Crippen LogP contribution is 2.54. The summed E-state index contributed by atoms with van der Waals surface area (Å²) in [6.07, 6.45) is -89.0. The summed E-state index contributed by atoms with van der Waals surface area (Å²) in [6.45, 7) is -6.63. The molecule has 0 saturated heterocycles. The lowest BCUT2D eigenvalue weighted by molar-refractivity contribution is -0.555. The van der Waals surface area contributed by atoms with E-state index in [4.69, 9.17) is 0 Å². The third-order valence-electron chi connectivity index (χ3n) is 8.39. The summed E-state index contributed by atoms with van der Waals surface area (Å²) in [6, 6.07) is 14.8. The van der Waals surface area contributed by atoms with E-state index >= 15 is 0 Å². The fourth-order valence-corrected chi connectivity index (χ4v) is 8.98. The molecule has 12 nitrogen and oxygen atoms in total. The molecular formula is C41H21Br4F39I2N2O10. The van der Waals surface area contributed by atoms with Crippen LogP contribution < -0.4 is 10.2 Å². The van der Waals surface area contributed by atoms with E-state index in [-0.39, 0.29) is 5.56 Å². The van der Waals surface area contributed by atoms with E-state index in [1.807, 2.05) is 11.4 Å². The van der Waals surface area contributed by atoms with Crippen molar-refractivity contribution in [3.63, 3.8) is 0 Å². The fraction of sp³-hybridized carbons (Fsp3) is 0.488. The lowest BCUT2D eigenvalue weighted by atomic mass is 10.1.